The van der Waals surface area contributed by atoms with Crippen molar-refractivity contribution in [3.63, 3.8) is 0 Å². The van der Waals surface area contributed by atoms with Crippen molar-refractivity contribution in [3.05, 3.63) is 11.6 Å². The summed E-state index contributed by atoms with van der Waals surface area (Å²) in [5.41, 5.74) is -0.385. The van der Waals surface area contributed by atoms with Crippen LogP contribution in [0.1, 0.15) is 0 Å². The van der Waals surface area contributed by atoms with Gasteiger partial charge in [0.15, 0.2) is 0 Å². The molecule has 0 fully saturated rings. The quantitative estimate of drug-likeness (QED) is 0.324. The molecule has 0 amide bonds. The maximum absolute atomic E-state index is 10.7. The molecule has 0 radical (unpaired) electrons. The van der Waals surface area contributed by atoms with Crippen molar-refractivity contribution in [2.45, 2.75) is 0 Å². The van der Waals surface area contributed by atoms with Crippen LogP contribution in [-0.2, 0) is 19.1 Å². The molecule has 0 heterocycles. The van der Waals surface area contributed by atoms with Crippen molar-refractivity contribution in [2.24, 2.45) is 0 Å². The predicted molar refractivity (Wildman–Crippen MR) is 37.7 cm³/mol. The van der Waals surface area contributed by atoms with Gasteiger partial charge in [0.2, 0.25) is 0 Å². The van der Waals surface area contributed by atoms with Gasteiger partial charge < -0.3 is 9.47 Å². The number of rotatable bonds is 2. The summed E-state index contributed by atoms with van der Waals surface area (Å²) in [6.07, 6.45) is 0.770. The predicted octanol–water partition coefficient (Wildman–Crippen LogP) is -0.218. The fourth-order valence-electron chi connectivity index (χ4n) is 0.424. The second kappa shape index (κ2) is 4.91. The van der Waals surface area contributed by atoms with Gasteiger partial charge in [0, 0.05) is 6.08 Å². The third kappa shape index (κ3) is 2.84. The van der Waals surface area contributed by atoms with Crippen molar-refractivity contribution >= 4 is 11.9 Å². The Morgan fingerprint density at radius 1 is 1.33 bits per heavy atom. The highest BCUT2D eigenvalue weighted by atomic mass is 16.5. The lowest BCUT2D eigenvalue weighted by molar-refractivity contribution is -0.138. The van der Waals surface area contributed by atoms with Crippen LogP contribution in [0.3, 0.4) is 0 Å². The van der Waals surface area contributed by atoms with Crippen LogP contribution in [0.5, 0.6) is 0 Å². The van der Waals surface area contributed by atoms with Crippen LogP contribution >= 0.6 is 0 Å². The summed E-state index contributed by atoms with van der Waals surface area (Å²) < 4.78 is 8.41. The first kappa shape index (κ1) is 10.2. The second-order valence-electron chi connectivity index (χ2n) is 1.68. The van der Waals surface area contributed by atoms with E-state index in [1.165, 1.54) is 6.07 Å². The maximum atomic E-state index is 10.7. The number of esters is 2. The molecule has 0 aliphatic carbocycles. The Labute approximate surface area is 69.2 Å². The van der Waals surface area contributed by atoms with Gasteiger partial charge in [-0.15, -0.1) is 0 Å². The highest BCUT2D eigenvalue weighted by Crippen LogP contribution is 1.95. The van der Waals surface area contributed by atoms with E-state index in [4.69, 9.17) is 5.26 Å². The van der Waals surface area contributed by atoms with Gasteiger partial charge in [0.05, 0.1) is 14.2 Å². The van der Waals surface area contributed by atoms with E-state index < -0.39 is 11.9 Å². The van der Waals surface area contributed by atoms with Crippen LogP contribution in [0.15, 0.2) is 11.6 Å². The molecule has 0 aromatic heterocycles. The molecule has 5 heteroatoms. The highest BCUT2D eigenvalue weighted by molar-refractivity contribution is 5.99. The normalized spacial score (nSPS) is 9.92. The SMILES string of the molecule is COC(=O)/C=C(/C#N)C(=O)OC. The van der Waals surface area contributed by atoms with E-state index in [1.807, 2.05) is 0 Å². The molecule has 0 saturated carbocycles. The first-order valence-electron chi connectivity index (χ1n) is 2.93. The van der Waals surface area contributed by atoms with Gasteiger partial charge in [-0.2, -0.15) is 5.26 Å². The Morgan fingerprint density at radius 3 is 2.25 bits per heavy atom. The lowest BCUT2D eigenvalue weighted by Crippen LogP contribution is -2.06. The summed E-state index contributed by atoms with van der Waals surface area (Å²) in [5, 5.41) is 8.35. The maximum Gasteiger partial charge on any atom is 0.348 e. The Bertz CT molecular complexity index is 261. The van der Waals surface area contributed by atoms with Crippen LogP contribution in [0.25, 0.3) is 0 Å². The number of hydrogen-bond acceptors (Lipinski definition) is 5. The number of nitrogens with zero attached hydrogens (tertiary/aromatic N) is 1. The number of hydrogen-bond donors (Lipinski definition) is 0. The monoisotopic (exact) mass is 169 g/mol. The van der Waals surface area contributed by atoms with Gasteiger partial charge in [-0.25, -0.2) is 9.59 Å². The molecule has 0 atom stereocenters. The topological polar surface area (TPSA) is 76.4 Å². The molecule has 5 nitrogen and oxygen atoms in total. The molecule has 0 N–H and O–H groups in total. The Hall–Kier alpha value is -1.83. The zero-order valence-corrected chi connectivity index (χ0v) is 6.66. The second-order valence-corrected chi connectivity index (χ2v) is 1.68. The fourth-order valence-corrected chi connectivity index (χ4v) is 0.424. The summed E-state index contributed by atoms with van der Waals surface area (Å²) in [7, 11) is 2.26. The molecular formula is C7H7NO4. The van der Waals surface area contributed by atoms with E-state index in [1.54, 1.807) is 0 Å². The third-order valence-electron chi connectivity index (χ3n) is 0.989. The Balaban J connectivity index is 4.58. The summed E-state index contributed by atoms with van der Waals surface area (Å²) in [6.45, 7) is 0. The number of carbonyl (C=O) groups is 2. The lowest BCUT2D eigenvalue weighted by Gasteiger charge is -1.94. The van der Waals surface area contributed by atoms with E-state index in [0.717, 1.165) is 20.3 Å². The Morgan fingerprint density at radius 2 is 1.92 bits per heavy atom. The molecule has 0 aromatic rings. The van der Waals surface area contributed by atoms with Gasteiger partial charge in [0.1, 0.15) is 11.6 Å². The molecule has 0 spiro atoms. The van der Waals surface area contributed by atoms with Gasteiger partial charge in [-0.3, -0.25) is 0 Å². The zero-order chi connectivity index (χ0) is 9.56. The molecule has 0 aliphatic rings. The highest BCUT2D eigenvalue weighted by Gasteiger charge is 2.10. The number of methoxy groups -OCH3 is 2. The fraction of sp³-hybridized carbons (Fsp3) is 0.286. The zero-order valence-electron chi connectivity index (χ0n) is 6.66. The van der Waals surface area contributed by atoms with Gasteiger partial charge in [-0.1, -0.05) is 0 Å². The van der Waals surface area contributed by atoms with Crippen LogP contribution in [0.2, 0.25) is 0 Å². The van der Waals surface area contributed by atoms with Crippen LogP contribution in [0, 0.1) is 11.3 Å². The van der Waals surface area contributed by atoms with Crippen molar-refractivity contribution in [3.8, 4) is 6.07 Å². The molecule has 0 aromatic carbocycles. The molecule has 64 valence electrons. The molecule has 0 saturated heterocycles. The average molecular weight is 169 g/mol. The summed E-state index contributed by atoms with van der Waals surface area (Å²) >= 11 is 0. The molecule has 0 bridgehead atoms. The van der Waals surface area contributed by atoms with Crippen LogP contribution < -0.4 is 0 Å². The number of carbonyl (C=O) groups excluding carboxylic acids is 2. The standard InChI is InChI=1S/C7H7NO4/c1-11-6(9)3-5(4-8)7(10)12-2/h3H,1-2H3/b5-3-. The summed E-state index contributed by atoms with van der Waals surface area (Å²) in [5.74, 6) is -1.63. The van der Waals surface area contributed by atoms with Gasteiger partial charge >= 0.3 is 11.9 Å². The van der Waals surface area contributed by atoms with Crippen molar-refractivity contribution in [1.29, 1.82) is 5.26 Å². The molecule has 12 heavy (non-hydrogen) atoms. The van der Waals surface area contributed by atoms with E-state index >= 15 is 0 Å². The van der Waals surface area contributed by atoms with Gasteiger partial charge in [0.25, 0.3) is 0 Å². The van der Waals surface area contributed by atoms with Crippen LogP contribution in [-0.4, -0.2) is 26.2 Å². The minimum absolute atomic E-state index is 0.385. The van der Waals surface area contributed by atoms with E-state index in [9.17, 15) is 9.59 Å². The molecule has 0 aliphatic heterocycles. The number of ether oxygens (including phenoxy) is 2. The van der Waals surface area contributed by atoms with E-state index in [2.05, 4.69) is 9.47 Å². The minimum atomic E-state index is -0.858. The van der Waals surface area contributed by atoms with Crippen LogP contribution in [0.4, 0.5) is 0 Å². The summed E-state index contributed by atoms with van der Waals surface area (Å²) in [6, 6.07) is 1.50. The third-order valence-corrected chi connectivity index (χ3v) is 0.989. The van der Waals surface area contributed by atoms with Crippen molar-refractivity contribution < 1.29 is 19.1 Å². The van der Waals surface area contributed by atoms with E-state index in [0.29, 0.717) is 0 Å². The molecule has 0 rings (SSSR count). The Kier molecular flexibility index (Phi) is 4.16. The first-order valence-corrected chi connectivity index (χ1v) is 2.93. The van der Waals surface area contributed by atoms with Crippen molar-refractivity contribution in [1.82, 2.24) is 0 Å². The summed E-state index contributed by atoms with van der Waals surface area (Å²) in [4.78, 5) is 21.2. The van der Waals surface area contributed by atoms with Crippen molar-refractivity contribution in [2.75, 3.05) is 14.2 Å². The smallest absolute Gasteiger partial charge is 0.348 e. The minimum Gasteiger partial charge on any atom is -0.466 e. The average Bonchev–Trinajstić information content (AvgIpc) is 2.12. The van der Waals surface area contributed by atoms with E-state index in [-0.39, 0.29) is 5.57 Å². The first-order chi connectivity index (χ1) is 5.65. The lowest BCUT2D eigenvalue weighted by atomic mass is 10.3. The molecule has 0 unspecified atom stereocenters. The van der Waals surface area contributed by atoms with Gasteiger partial charge in [-0.05, 0) is 0 Å². The molecular weight excluding hydrogens is 162 g/mol. The largest absolute Gasteiger partial charge is 0.466 e. The number of nitriles is 1.